The van der Waals surface area contributed by atoms with Gasteiger partial charge in [0.1, 0.15) is 28.8 Å². The summed E-state index contributed by atoms with van der Waals surface area (Å²) in [7, 11) is 0. The van der Waals surface area contributed by atoms with Crippen LogP contribution in [0.1, 0.15) is 5.82 Å². The van der Waals surface area contributed by atoms with Gasteiger partial charge in [0.2, 0.25) is 0 Å². The average Bonchev–Trinajstić information content (AvgIpc) is 2.99. The Bertz CT molecular complexity index is 1060. The Morgan fingerprint density at radius 3 is 2.72 bits per heavy atom. The third-order valence-electron chi connectivity index (χ3n) is 3.62. The van der Waals surface area contributed by atoms with Crippen molar-refractivity contribution in [1.29, 1.82) is 0 Å². The number of H-pyrrole nitrogens is 1. The van der Waals surface area contributed by atoms with E-state index in [2.05, 4.69) is 30.2 Å². The number of hydrogen-bond acceptors (Lipinski definition) is 5. The van der Waals surface area contributed by atoms with Crippen molar-refractivity contribution in [2.75, 3.05) is 5.32 Å². The van der Waals surface area contributed by atoms with Gasteiger partial charge in [-0.15, -0.1) is 0 Å². The predicted octanol–water partition coefficient (Wildman–Crippen LogP) is 4.26. The highest BCUT2D eigenvalue weighted by molar-refractivity contribution is 6.33. The number of benzene rings is 1. The molecule has 0 unspecified atom stereocenters. The minimum atomic E-state index is -0.444. The second-order valence-electron chi connectivity index (χ2n) is 5.35. The van der Waals surface area contributed by atoms with Gasteiger partial charge >= 0.3 is 0 Å². The lowest BCUT2D eigenvalue weighted by molar-refractivity contribution is 0.630. The second-order valence-corrected chi connectivity index (χ2v) is 5.76. The van der Waals surface area contributed by atoms with Gasteiger partial charge in [-0.25, -0.2) is 24.3 Å². The van der Waals surface area contributed by atoms with Crippen LogP contribution in [0.5, 0.6) is 0 Å². The van der Waals surface area contributed by atoms with Crippen LogP contribution in [0.25, 0.3) is 22.4 Å². The van der Waals surface area contributed by atoms with E-state index in [1.54, 1.807) is 43.6 Å². The molecule has 2 N–H and O–H groups in total. The van der Waals surface area contributed by atoms with Crippen molar-refractivity contribution in [3.05, 3.63) is 59.4 Å². The molecule has 0 aliphatic rings. The fraction of sp³-hybridized carbons (Fsp3) is 0.0588. The molecule has 0 aliphatic carbocycles. The molecular weight excluding hydrogens is 343 g/mol. The predicted molar refractivity (Wildman–Crippen MR) is 94.3 cm³/mol. The number of aromatic amines is 1. The molecule has 0 aliphatic heterocycles. The largest absolute Gasteiger partial charge is 0.338 e. The van der Waals surface area contributed by atoms with E-state index in [1.807, 2.05) is 0 Å². The first kappa shape index (κ1) is 15.5. The van der Waals surface area contributed by atoms with Gasteiger partial charge < -0.3 is 10.3 Å². The average molecular weight is 355 g/mol. The van der Waals surface area contributed by atoms with Gasteiger partial charge in [-0.1, -0.05) is 17.7 Å². The summed E-state index contributed by atoms with van der Waals surface area (Å²) in [6.45, 7) is 1.80. The Balaban J connectivity index is 1.82. The maximum Gasteiger partial charge on any atom is 0.159 e. The van der Waals surface area contributed by atoms with Gasteiger partial charge in [0.15, 0.2) is 5.82 Å². The first-order valence-corrected chi connectivity index (χ1v) is 7.85. The minimum Gasteiger partial charge on any atom is -0.338 e. The third-order valence-corrected chi connectivity index (χ3v) is 3.94. The number of halogens is 2. The highest BCUT2D eigenvalue weighted by Crippen LogP contribution is 2.31. The molecule has 0 radical (unpaired) electrons. The lowest BCUT2D eigenvalue weighted by Gasteiger charge is -2.05. The summed E-state index contributed by atoms with van der Waals surface area (Å²) in [5, 5.41) is 3.40. The van der Waals surface area contributed by atoms with E-state index in [4.69, 9.17) is 11.6 Å². The van der Waals surface area contributed by atoms with E-state index in [9.17, 15) is 4.39 Å². The molecule has 0 spiro atoms. The van der Waals surface area contributed by atoms with Crippen molar-refractivity contribution in [2.45, 2.75) is 6.92 Å². The first-order valence-electron chi connectivity index (χ1n) is 7.47. The molecule has 0 saturated heterocycles. The SMILES string of the molecule is Cc1nccc(Nc2nccc3[nH]c(-c4c(F)cccc4Cl)nc23)n1. The molecule has 0 saturated carbocycles. The van der Waals surface area contributed by atoms with Crippen LogP contribution in [0, 0.1) is 12.7 Å². The molecule has 4 rings (SSSR count). The molecular formula is C17H12ClFN6. The van der Waals surface area contributed by atoms with Crippen LogP contribution in [0.2, 0.25) is 5.02 Å². The number of imidazole rings is 1. The Labute approximate surface area is 147 Å². The zero-order valence-electron chi connectivity index (χ0n) is 13.1. The van der Waals surface area contributed by atoms with Crippen molar-refractivity contribution in [1.82, 2.24) is 24.9 Å². The molecule has 0 amide bonds. The molecule has 8 heteroatoms. The number of aromatic nitrogens is 5. The quantitative estimate of drug-likeness (QED) is 0.574. The molecule has 0 bridgehead atoms. The van der Waals surface area contributed by atoms with Crippen LogP contribution in [-0.2, 0) is 0 Å². The Kier molecular flexibility index (Phi) is 3.77. The van der Waals surface area contributed by atoms with Crippen LogP contribution in [-0.4, -0.2) is 24.9 Å². The smallest absolute Gasteiger partial charge is 0.159 e. The minimum absolute atomic E-state index is 0.226. The van der Waals surface area contributed by atoms with E-state index in [-0.39, 0.29) is 10.6 Å². The highest BCUT2D eigenvalue weighted by atomic mass is 35.5. The van der Waals surface area contributed by atoms with E-state index in [0.717, 1.165) is 0 Å². The molecule has 3 heterocycles. The van der Waals surface area contributed by atoms with E-state index < -0.39 is 5.82 Å². The van der Waals surface area contributed by atoms with Gasteiger partial charge in [-0.3, -0.25) is 0 Å². The number of rotatable bonds is 3. The van der Waals surface area contributed by atoms with Gasteiger partial charge in [0.05, 0.1) is 16.1 Å². The fourth-order valence-electron chi connectivity index (χ4n) is 2.52. The summed E-state index contributed by atoms with van der Waals surface area (Å²) in [4.78, 5) is 20.2. The number of hydrogen-bond donors (Lipinski definition) is 2. The molecule has 1 aromatic carbocycles. The van der Waals surface area contributed by atoms with Crippen molar-refractivity contribution in [3.63, 3.8) is 0 Å². The van der Waals surface area contributed by atoms with Gasteiger partial charge in [-0.2, -0.15) is 0 Å². The Hall–Kier alpha value is -3.06. The first-order chi connectivity index (χ1) is 12.1. The van der Waals surface area contributed by atoms with Gasteiger partial charge in [-0.05, 0) is 31.2 Å². The lowest BCUT2D eigenvalue weighted by atomic mass is 10.2. The standard InChI is InChI=1S/C17H12ClFN6/c1-9-20-8-6-13(22-9)24-17-15-12(5-7-21-17)23-16(25-15)14-10(18)3-2-4-11(14)19/h2-8H,1H3,(H,23,25)(H,20,21,22,24). The summed E-state index contributed by atoms with van der Waals surface area (Å²) in [5.74, 6) is 1.64. The van der Waals surface area contributed by atoms with Crippen molar-refractivity contribution < 1.29 is 4.39 Å². The second kappa shape index (κ2) is 6.10. The monoisotopic (exact) mass is 354 g/mol. The molecule has 0 fully saturated rings. The van der Waals surface area contributed by atoms with E-state index >= 15 is 0 Å². The molecule has 3 aromatic heterocycles. The molecule has 124 valence electrons. The number of nitrogens with one attached hydrogen (secondary N) is 2. The van der Waals surface area contributed by atoms with Gasteiger partial charge in [0, 0.05) is 12.4 Å². The normalized spacial score (nSPS) is 11.0. The summed E-state index contributed by atoms with van der Waals surface area (Å²) >= 11 is 6.13. The van der Waals surface area contributed by atoms with Crippen LogP contribution in [0.3, 0.4) is 0 Å². The van der Waals surface area contributed by atoms with Crippen molar-refractivity contribution in [3.8, 4) is 11.4 Å². The Morgan fingerprint density at radius 2 is 1.92 bits per heavy atom. The number of nitrogens with zero attached hydrogens (tertiary/aromatic N) is 4. The maximum atomic E-state index is 14.2. The number of aryl methyl sites for hydroxylation is 1. The zero-order chi connectivity index (χ0) is 17.4. The fourth-order valence-corrected chi connectivity index (χ4v) is 2.77. The van der Waals surface area contributed by atoms with Crippen molar-refractivity contribution >= 4 is 34.3 Å². The summed E-state index contributed by atoms with van der Waals surface area (Å²) in [5.41, 5.74) is 1.50. The third kappa shape index (κ3) is 2.89. The molecule has 0 atom stereocenters. The molecule has 25 heavy (non-hydrogen) atoms. The zero-order valence-corrected chi connectivity index (χ0v) is 13.8. The highest BCUT2D eigenvalue weighted by Gasteiger charge is 2.16. The van der Waals surface area contributed by atoms with E-state index in [0.29, 0.717) is 34.3 Å². The summed E-state index contributed by atoms with van der Waals surface area (Å²) < 4.78 is 14.2. The van der Waals surface area contributed by atoms with Gasteiger partial charge in [0.25, 0.3) is 0 Å². The van der Waals surface area contributed by atoms with Crippen LogP contribution in [0.15, 0.2) is 42.7 Å². The summed E-state index contributed by atoms with van der Waals surface area (Å²) in [6, 6.07) is 8.01. The van der Waals surface area contributed by atoms with Crippen molar-refractivity contribution in [2.24, 2.45) is 0 Å². The lowest BCUT2D eigenvalue weighted by Crippen LogP contribution is -1.98. The van der Waals surface area contributed by atoms with Crippen LogP contribution in [0.4, 0.5) is 16.0 Å². The summed E-state index contributed by atoms with van der Waals surface area (Å²) in [6.07, 6.45) is 3.28. The number of pyridine rings is 1. The maximum absolute atomic E-state index is 14.2. The molecule has 4 aromatic rings. The van der Waals surface area contributed by atoms with E-state index in [1.165, 1.54) is 6.07 Å². The topological polar surface area (TPSA) is 79.4 Å². The molecule has 6 nitrogen and oxygen atoms in total. The number of fused-ring (bicyclic) bond motifs is 1. The number of anilines is 2. The Morgan fingerprint density at radius 1 is 1.08 bits per heavy atom. The van der Waals surface area contributed by atoms with Crippen LogP contribution < -0.4 is 5.32 Å². The van der Waals surface area contributed by atoms with Crippen LogP contribution >= 0.6 is 11.6 Å².